The Hall–Kier alpha value is -3.42. The van der Waals surface area contributed by atoms with Gasteiger partial charge in [-0.3, -0.25) is 14.4 Å². The van der Waals surface area contributed by atoms with Gasteiger partial charge in [-0.15, -0.1) is 0 Å². The summed E-state index contributed by atoms with van der Waals surface area (Å²) in [5.41, 5.74) is 0.572. The summed E-state index contributed by atoms with van der Waals surface area (Å²) in [6.07, 6.45) is 2.38. The van der Waals surface area contributed by atoms with Crippen LogP contribution in [0.4, 0.5) is 11.5 Å². The average molecular weight is 441 g/mol. The number of hydrogen-bond acceptors (Lipinski definition) is 5. The number of pyridine rings is 1. The molecule has 0 fully saturated rings. The number of hydrogen-bond donors (Lipinski definition) is 2. The summed E-state index contributed by atoms with van der Waals surface area (Å²) in [5, 5.41) is 5.51. The number of amides is 3. The van der Waals surface area contributed by atoms with Crippen molar-refractivity contribution in [3.05, 3.63) is 48.7 Å². The zero-order valence-electron chi connectivity index (χ0n) is 19.0. The Morgan fingerprint density at radius 2 is 1.78 bits per heavy atom. The molecule has 1 aromatic heterocycles. The number of carbonyl (C=O) groups excluding carboxylic acids is 3. The quantitative estimate of drug-likeness (QED) is 0.527. The van der Waals surface area contributed by atoms with Gasteiger partial charge in [0, 0.05) is 31.3 Å². The predicted molar refractivity (Wildman–Crippen MR) is 125 cm³/mol. The molecule has 3 amide bonds. The summed E-state index contributed by atoms with van der Waals surface area (Å²) in [7, 11) is 0. The first kappa shape index (κ1) is 24.8. The zero-order valence-corrected chi connectivity index (χ0v) is 19.0. The van der Waals surface area contributed by atoms with Crippen LogP contribution < -0.4 is 20.3 Å². The fourth-order valence-corrected chi connectivity index (χ4v) is 2.91. The fourth-order valence-electron chi connectivity index (χ4n) is 2.91. The molecule has 0 spiro atoms. The largest absolute Gasteiger partial charge is 0.494 e. The smallest absolute Gasteiger partial charge is 0.240 e. The molecule has 0 unspecified atom stereocenters. The van der Waals surface area contributed by atoms with Crippen LogP contribution in [0, 0.1) is 5.92 Å². The molecule has 0 aliphatic rings. The molecular formula is C24H32N4O4. The number of carbonyl (C=O) groups is 3. The van der Waals surface area contributed by atoms with Gasteiger partial charge in [0.1, 0.15) is 18.1 Å². The van der Waals surface area contributed by atoms with E-state index in [0.717, 1.165) is 6.42 Å². The Morgan fingerprint density at radius 3 is 2.41 bits per heavy atom. The van der Waals surface area contributed by atoms with Gasteiger partial charge in [-0.1, -0.05) is 19.9 Å². The molecule has 0 aliphatic carbocycles. The lowest BCUT2D eigenvalue weighted by molar-refractivity contribution is -0.125. The lowest BCUT2D eigenvalue weighted by Gasteiger charge is -2.23. The van der Waals surface area contributed by atoms with Crippen molar-refractivity contribution in [1.82, 2.24) is 10.3 Å². The van der Waals surface area contributed by atoms with E-state index in [2.05, 4.69) is 29.5 Å². The van der Waals surface area contributed by atoms with Crippen molar-refractivity contribution >= 4 is 29.2 Å². The number of ether oxygens (including phenoxy) is 1. The minimum atomic E-state index is -0.315. The number of nitrogens with one attached hydrogen (secondary N) is 2. The summed E-state index contributed by atoms with van der Waals surface area (Å²) < 4.78 is 5.45. The maximum Gasteiger partial charge on any atom is 0.240 e. The summed E-state index contributed by atoms with van der Waals surface area (Å²) in [6.45, 7) is 7.02. The van der Waals surface area contributed by atoms with Crippen LogP contribution in [0.15, 0.2) is 48.7 Å². The Bertz CT molecular complexity index is 869. The SMILES string of the molecule is CCOc1ccc(N(CC(=O)NCCC(C)C)C(=O)CCC(=O)Nc2ccccn2)cc1. The molecule has 1 aromatic carbocycles. The van der Waals surface area contributed by atoms with Crippen LogP contribution in [0.1, 0.15) is 40.0 Å². The number of benzene rings is 1. The second kappa shape index (κ2) is 13.1. The molecule has 32 heavy (non-hydrogen) atoms. The Balaban J connectivity index is 2.02. The molecular weight excluding hydrogens is 408 g/mol. The number of anilines is 2. The molecule has 0 radical (unpaired) electrons. The third-order valence-corrected chi connectivity index (χ3v) is 4.60. The standard InChI is InChI=1S/C24H32N4O4/c1-4-32-20-10-8-19(9-11-20)28(17-23(30)26-16-14-18(2)3)24(31)13-12-22(29)27-21-7-5-6-15-25-21/h5-11,15,18H,4,12-14,16-17H2,1-3H3,(H,26,30)(H,25,27,29). The van der Waals surface area contributed by atoms with Gasteiger partial charge in [0.2, 0.25) is 17.7 Å². The highest BCUT2D eigenvalue weighted by molar-refractivity contribution is 6.01. The van der Waals surface area contributed by atoms with E-state index < -0.39 is 0 Å². The average Bonchev–Trinajstić information content (AvgIpc) is 2.77. The first-order valence-corrected chi connectivity index (χ1v) is 10.9. The number of nitrogens with zero attached hydrogens (tertiary/aromatic N) is 2. The Morgan fingerprint density at radius 1 is 1.03 bits per heavy atom. The van der Waals surface area contributed by atoms with E-state index in [9.17, 15) is 14.4 Å². The van der Waals surface area contributed by atoms with E-state index in [4.69, 9.17) is 4.74 Å². The van der Waals surface area contributed by atoms with Gasteiger partial charge in [0.25, 0.3) is 0 Å². The molecule has 0 atom stereocenters. The Labute approximate surface area is 189 Å². The maximum atomic E-state index is 12.9. The van der Waals surface area contributed by atoms with Crippen molar-refractivity contribution in [1.29, 1.82) is 0 Å². The second-order valence-electron chi connectivity index (χ2n) is 7.70. The van der Waals surface area contributed by atoms with Gasteiger partial charge in [0.05, 0.1) is 6.61 Å². The third-order valence-electron chi connectivity index (χ3n) is 4.60. The normalized spacial score (nSPS) is 10.5. The monoisotopic (exact) mass is 440 g/mol. The van der Waals surface area contributed by atoms with E-state index in [0.29, 0.717) is 36.3 Å². The van der Waals surface area contributed by atoms with Gasteiger partial charge < -0.3 is 20.3 Å². The molecule has 0 saturated heterocycles. The highest BCUT2D eigenvalue weighted by Gasteiger charge is 2.20. The number of rotatable bonds is 12. The van der Waals surface area contributed by atoms with Crippen LogP contribution in [0.2, 0.25) is 0 Å². The van der Waals surface area contributed by atoms with Crippen molar-refractivity contribution in [2.24, 2.45) is 5.92 Å². The second-order valence-corrected chi connectivity index (χ2v) is 7.70. The van der Waals surface area contributed by atoms with E-state index in [1.807, 2.05) is 6.92 Å². The summed E-state index contributed by atoms with van der Waals surface area (Å²) in [6, 6.07) is 12.2. The van der Waals surface area contributed by atoms with E-state index in [1.165, 1.54) is 4.90 Å². The predicted octanol–water partition coefficient (Wildman–Crippen LogP) is 3.39. The van der Waals surface area contributed by atoms with Crippen LogP contribution >= 0.6 is 0 Å². The van der Waals surface area contributed by atoms with Crippen molar-refractivity contribution in [2.45, 2.75) is 40.0 Å². The van der Waals surface area contributed by atoms with Crippen LogP contribution in [0.3, 0.4) is 0 Å². The molecule has 0 saturated carbocycles. The van der Waals surface area contributed by atoms with Gasteiger partial charge in [-0.2, -0.15) is 0 Å². The number of aromatic nitrogens is 1. The highest BCUT2D eigenvalue weighted by Crippen LogP contribution is 2.20. The van der Waals surface area contributed by atoms with Gasteiger partial charge in [0.15, 0.2) is 0 Å². The van der Waals surface area contributed by atoms with Gasteiger partial charge >= 0.3 is 0 Å². The molecule has 0 bridgehead atoms. The molecule has 172 valence electrons. The minimum Gasteiger partial charge on any atom is -0.494 e. The van der Waals surface area contributed by atoms with E-state index in [-0.39, 0.29) is 37.1 Å². The van der Waals surface area contributed by atoms with Crippen LogP contribution in [-0.4, -0.2) is 42.4 Å². The van der Waals surface area contributed by atoms with Crippen LogP contribution in [0.5, 0.6) is 5.75 Å². The van der Waals surface area contributed by atoms with Gasteiger partial charge in [-0.05, 0) is 55.7 Å². The van der Waals surface area contributed by atoms with Crippen molar-refractivity contribution in [3.8, 4) is 5.75 Å². The van der Waals surface area contributed by atoms with E-state index in [1.54, 1.807) is 48.7 Å². The first-order valence-electron chi connectivity index (χ1n) is 10.9. The zero-order chi connectivity index (χ0) is 23.3. The fraction of sp³-hybridized carbons (Fsp3) is 0.417. The van der Waals surface area contributed by atoms with Crippen LogP contribution in [0.25, 0.3) is 0 Å². The molecule has 2 N–H and O–H groups in total. The van der Waals surface area contributed by atoms with Crippen LogP contribution in [-0.2, 0) is 14.4 Å². The molecule has 2 aromatic rings. The summed E-state index contributed by atoms with van der Waals surface area (Å²) in [4.78, 5) is 43.0. The molecule has 0 aliphatic heterocycles. The molecule has 8 heteroatoms. The van der Waals surface area contributed by atoms with E-state index >= 15 is 0 Å². The van der Waals surface area contributed by atoms with Gasteiger partial charge in [-0.25, -0.2) is 4.98 Å². The summed E-state index contributed by atoms with van der Waals surface area (Å²) >= 11 is 0. The maximum absolute atomic E-state index is 12.9. The van der Waals surface area contributed by atoms with Crippen molar-refractivity contribution in [2.75, 3.05) is 29.9 Å². The molecule has 8 nitrogen and oxygen atoms in total. The highest BCUT2D eigenvalue weighted by atomic mass is 16.5. The third kappa shape index (κ3) is 8.75. The lowest BCUT2D eigenvalue weighted by atomic mass is 10.1. The topological polar surface area (TPSA) is 101 Å². The summed E-state index contributed by atoms with van der Waals surface area (Å²) in [5.74, 6) is 0.703. The van der Waals surface area contributed by atoms with Crippen molar-refractivity contribution in [3.63, 3.8) is 0 Å². The molecule has 2 rings (SSSR count). The minimum absolute atomic E-state index is 0.0160. The van der Waals surface area contributed by atoms with Crippen molar-refractivity contribution < 1.29 is 19.1 Å². The Kier molecular flexibility index (Phi) is 10.2. The lowest BCUT2D eigenvalue weighted by Crippen LogP contribution is -2.41. The first-order chi connectivity index (χ1) is 15.4. The molecule has 1 heterocycles.